The normalized spacial score (nSPS) is 19.3. The van der Waals surface area contributed by atoms with E-state index < -0.39 is 17.5 Å². The fourth-order valence-electron chi connectivity index (χ4n) is 3.68. The molecule has 2 unspecified atom stereocenters. The van der Waals surface area contributed by atoms with Crippen LogP contribution in [-0.2, 0) is 9.47 Å². The molecule has 6 heteroatoms. The molecule has 0 aliphatic carbocycles. The van der Waals surface area contributed by atoms with Gasteiger partial charge in [0.1, 0.15) is 0 Å². The second-order valence-corrected chi connectivity index (χ2v) is 7.12. The van der Waals surface area contributed by atoms with Crippen LogP contribution in [0.25, 0.3) is 11.1 Å². The first-order chi connectivity index (χ1) is 14.0. The molecule has 0 N–H and O–H groups in total. The van der Waals surface area contributed by atoms with Gasteiger partial charge in [-0.2, -0.15) is 0 Å². The van der Waals surface area contributed by atoms with E-state index in [0.29, 0.717) is 32.0 Å². The Morgan fingerprint density at radius 2 is 1.83 bits per heavy atom. The quantitative estimate of drug-likeness (QED) is 0.512. The summed E-state index contributed by atoms with van der Waals surface area (Å²) in [4.78, 5) is 0. The molecule has 0 aromatic heterocycles. The van der Waals surface area contributed by atoms with Crippen LogP contribution in [0.5, 0.6) is 5.75 Å². The molecule has 2 aromatic carbocycles. The van der Waals surface area contributed by atoms with Gasteiger partial charge >= 0.3 is 0 Å². The predicted molar refractivity (Wildman–Crippen MR) is 106 cm³/mol. The lowest BCUT2D eigenvalue weighted by atomic mass is 9.89. The first-order valence-corrected chi connectivity index (χ1v) is 10.1. The molecular weight excluding hydrogens is 381 g/mol. The maximum absolute atomic E-state index is 14.8. The lowest BCUT2D eigenvalue weighted by Gasteiger charge is -2.29. The molecule has 0 radical (unpaired) electrons. The Hall–Kier alpha value is -2.05. The van der Waals surface area contributed by atoms with Crippen molar-refractivity contribution in [1.29, 1.82) is 0 Å². The number of rotatable bonds is 8. The summed E-state index contributed by atoms with van der Waals surface area (Å²) in [7, 11) is 0. The summed E-state index contributed by atoms with van der Waals surface area (Å²) in [6.45, 7) is 5.68. The van der Waals surface area contributed by atoms with Crippen LogP contribution in [0.1, 0.15) is 44.6 Å². The number of hydrogen-bond acceptors (Lipinski definition) is 3. The van der Waals surface area contributed by atoms with E-state index in [1.165, 1.54) is 18.2 Å². The highest BCUT2D eigenvalue weighted by Crippen LogP contribution is 2.35. The van der Waals surface area contributed by atoms with Gasteiger partial charge in [-0.15, -0.1) is 0 Å². The molecule has 2 atom stereocenters. The second kappa shape index (κ2) is 10.1. The van der Waals surface area contributed by atoms with Gasteiger partial charge in [0.2, 0.25) is 0 Å². The molecule has 1 heterocycles. The van der Waals surface area contributed by atoms with Gasteiger partial charge in [-0.25, -0.2) is 13.2 Å². The highest BCUT2D eigenvalue weighted by Gasteiger charge is 2.27. The Bertz CT molecular complexity index is 817. The van der Waals surface area contributed by atoms with E-state index in [9.17, 15) is 13.2 Å². The summed E-state index contributed by atoms with van der Waals surface area (Å²) in [5.74, 6) is -2.57. The third kappa shape index (κ3) is 5.11. The molecule has 0 bridgehead atoms. The first kappa shape index (κ1) is 21.7. The van der Waals surface area contributed by atoms with E-state index in [-0.39, 0.29) is 28.9 Å². The van der Waals surface area contributed by atoms with E-state index in [1.807, 2.05) is 6.92 Å². The molecule has 3 rings (SSSR count). The Balaban J connectivity index is 1.73. The van der Waals surface area contributed by atoms with Crippen molar-refractivity contribution < 1.29 is 27.4 Å². The van der Waals surface area contributed by atoms with E-state index in [2.05, 4.69) is 0 Å². The number of hydrogen-bond donors (Lipinski definition) is 0. The SMILES string of the molecule is CCOCCC1CCC(c2ccc(-c3ccc(OCC)c(F)c3)c(F)c2F)CO1. The predicted octanol–water partition coefficient (Wildman–Crippen LogP) is 5.86. The van der Waals surface area contributed by atoms with Crippen molar-refractivity contribution in [2.75, 3.05) is 26.4 Å². The van der Waals surface area contributed by atoms with Crippen molar-refractivity contribution in [3.05, 3.63) is 53.3 Å². The van der Waals surface area contributed by atoms with Gasteiger partial charge in [0.05, 0.1) is 19.3 Å². The van der Waals surface area contributed by atoms with Crippen LogP contribution in [0, 0.1) is 17.5 Å². The largest absolute Gasteiger partial charge is 0.491 e. The average molecular weight is 408 g/mol. The lowest BCUT2D eigenvalue weighted by Crippen LogP contribution is -2.26. The van der Waals surface area contributed by atoms with Gasteiger partial charge in [-0.3, -0.25) is 0 Å². The minimum Gasteiger partial charge on any atom is -0.491 e. The number of ether oxygens (including phenoxy) is 3. The summed E-state index contributed by atoms with van der Waals surface area (Å²) in [6, 6.07) is 7.20. The van der Waals surface area contributed by atoms with Crippen molar-refractivity contribution in [3.8, 4) is 16.9 Å². The minimum absolute atomic E-state index is 0.0273. The highest BCUT2D eigenvalue weighted by atomic mass is 19.2. The molecule has 3 nitrogen and oxygen atoms in total. The van der Waals surface area contributed by atoms with Crippen molar-refractivity contribution in [2.24, 2.45) is 0 Å². The molecule has 158 valence electrons. The third-order valence-electron chi connectivity index (χ3n) is 5.25. The van der Waals surface area contributed by atoms with Crippen LogP contribution >= 0.6 is 0 Å². The van der Waals surface area contributed by atoms with Gasteiger partial charge in [-0.1, -0.05) is 18.2 Å². The van der Waals surface area contributed by atoms with Crippen LogP contribution in [0.15, 0.2) is 30.3 Å². The van der Waals surface area contributed by atoms with Crippen molar-refractivity contribution >= 4 is 0 Å². The first-order valence-electron chi connectivity index (χ1n) is 10.1. The van der Waals surface area contributed by atoms with Crippen molar-refractivity contribution in [3.63, 3.8) is 0 Å². The summed E-state index contributed by atoms with van der Waals surface area (Å²) < 4.78 is 60.0. The van der Waals surface area contributed by atoms with E-state index in [4.69, 9.17) is 14.2 Å². The van der Waals surface area contributed by atoms with Crippen molar-refractivity contribution in [2.45, 2.75) is 45.1 Å². The zero-order chi connectivity index (χ0) is 20.8. The molecule has 0 spiro atoms. The lowest BCUT2D eigenvalue weighted by molar-refractivity contribution is -0.0168. The maximum atomic E-state index is 14.8. The molecule has 1 saturated heterocycles. The van der Waals surface area contributed by atoms with Gasteiger partial charge < -0.3 is 14.2 Å². The van der Waals surface area contributed by atoms with Crippen LogP contribution in [-0.4, -0.2) is 32.5 Å². The fourth-order valence-corrected chi connectivity index (χ4v) is 3.68. The number of benzene rings is 2. The highest BCUT2D eigenvalue weighted by molar-refractivity contribution is 5.66. The van der Waals surface area contributed by atoms with Crippen LogP contribution in [0.4, 0.5) is 13.2 Å². The Morgan fingerprint density at radius 3 is 2.48 bits per heavy atom. The van der Waals surface area contributed by atoms with Gasteiger partial charge in [-0.05, 0) is 56.4 Å². The summed E-state index contributed by atoms with van der Waals surface area (Å²) in [5, 5.41) is 0. The molecule has 0 saturated carbocycles. The number of halogens is 3. The van der Waals surface area contributed by atoms with Crippen LogP contribution in [0.2, 0.25) is 0 Å². The van der Waals surface area contributed by atoms with Gasteiger partial charge in [0.25, 0.3) is 0 Å². The monoisotopic (exact) mass is 408 g/mol. The van der Waals surface area contributed by atoms with E-state index in [1.54, 1.807) is 13.0 Å². The maximum Gasteiger partial charge on any atom is 0.166 e. The zero-order valence-electron chi connectivity index (χ0n) is 16.8. The molecule has 1 aliphatic rings. The molecular formula is C23H27F3O3. The smallest absolute Gasteiger partial charge is 0.166 e. The van der Waals surface area contributed by atoms with Crippen LogP contribution in [0.3, 0.4) is 0 Å². The molecule has 2 aromatic rings. The second-order valence-electron chi connectivity index (χ2n) is 7.12. The topological polar surface area (TPSA) is 27.7 Å². The standard InChI is InChI=1S/C23H27F3O3/c1-3-27-12-11-17-7-5-16(14-29-17)19-9-8-18(22(25)23(19)26)15-6-10-21(28-4-2)20(24)13-15/h6,8-10,13,16-17H,3-5,7,11-12,14H2,1-2H3. The average Bonchev–Trinajstić information content (AvgIpc) is 2.73. The minimum atomic E-state index is -0.968. The molecule has 1 aliphatic heterocycles. The van der Waals surface area contributed by atoms with E-state index >= 15 is 0 Å². The van der Waals surface area contributed by atoms with Gasteiger partial charge in [0.15, 0.2) is 23.2 Å². The molecule has 29 heavy (non-hydrogen) atoms. The summed E-state index contributed by atoms with van der Waals surface area (Å²) in [5.41, 5.74) is 0.602. The molecule has 0 amide bonds. The zero-order valence-corrected chi connectivity index (χ0v) is 16.8. The third-order valence-corrected chi connectivity index (χ3v) is 5.25. The van der Waals surface area contributed by atoms with Gasteiger partial charge in [0, 0.05) is 24.7 Å². The Kier molecular flexibility index (Phi) is 7.56. The van der Waals surface area contributed by atoms with Crippen LogP contribution < -0.4 is 4.74 Å². The summed E-state index contributed by atoms with van der Waals surface area (Å²) >= 11 is 0. The van der Waals surface area contributed by atoms with E-state index in [0.717, 1.165) is 25.3 Å². The Labute approximate surface area is 169 Å². The summed E-state index contributed by atoms with van der Waals surface area (Å²) in [6.07, 6.45) is 2.41. The molecule has 1 fully saturated rings. The van der Waals surface area contributed by atoms with Crippen molar-refractivity contribution in [1.82, 2.24) is 0 Å². The Morgan fingerprint density at radius 1 is 1.00 bits per heavy atom. The fraction of sp³-hybridized carbons (Fsp3) is 0.478.